The van der Waals surface area contributed by atoms with Crippen LogP contribution in [0, 0.1) is 0 Å². The lowest BCUT2D eigenvalue weighted by atomic mass is 10.1. The van der Waals surface area contributed by atoms with Crippen LogP contribution >= 0.6 is 35.3 Å². The fourth-order valence-electron chi connectivity index (χ4n) is 2.22. The second kappa shape index (κ2) is 11.2. The zero-order valence-corrected chi connectivity index (χ0v) is 18.9. The summed E-state index contributed by atoms with van der Waals surface area (Å²) in [5.74, 6) is 0.243. The number of benzene rings is 1. The molecule has 1 aromatic carbocycles. The number of aromatic nitrogens is 1. The van der Waals surface area contributed by atoms with Crippen LogP contribution in [0.1, 0.15) is 26.6 Å². The third-order valence-corrected chi connectivity index (χ3v) is 4.45. The molecule has 0 aliphatic heterocycles. The highest BCUT2D eigenvalue weighted by molar-refractivity contribution is 14.0. The molecule has 0 fully saturated rings. The average Bonchev–Trinajstić information content (AvgIpc) is 3.17. The first-order valence-corrected chi connectivity index (χ1v) is 8.87. The fourth-order valence-corrected chi connectivity index (χ4v) is 2.96. The van der Waals surface area contributed by atoms with E-state index in [0.29, 0.717) is 18.3 Å². The van der Waals surface area contributed by atoms with Crippen LogP contribution in [0.3, 0.4) is 0 Å². The number of aliphatic imine (C=N–C) groups is 1. The molecule has 12 heteroatoms. The Morgan fingerprint density at radius 3 is 2.48 bits per heavy atom. The van der Waals surface area contributed by atoms with Crippen molar-refractivity contribution in [3.05, 3.63) is 45.4 Å². The Labute approximate surface area is 186 Å². The van der Waals surface area contributed by atoms with Gasteiger partial charge < -0.3 is 20.1 Å². The Hall–Kier alpha value is -2.09. The van der Waals surface area contributed by atoms with Crippen molar-refractivity contribution in [3.8, 4) is 5.75 Å². The van der Waals surface area contributed by atoms with Gasteiger partial charge in [-0.1, -0.05) is 6.07 Å². The Bertz CT molecular complexity index is 859. The molecule has 7 nitrogen and oxygen atoms in total. The molecule has 2 aromatic rings. The van der Waals surface area contributed by atoms with Crippen molar-refractivity contribution in [2.75, 3.05) is 21.3 Å². The number of carbonyl (C=O) groups excluding carboxylic acids is 1. The summed E-state index contributed by atoms with van der Waals surface area (Å²) in [6.07, 6.45) is -4.46. The van der Waals surface area contributed by atoms with Gasteiger partial charge in [-0.25, -0.2) is 9.78 Å². The maximum absolute atomic E-state index is 12.6. The number of hydrogen-bond donors (Lipinski definition) is 2. The van der Waals surface area contributed by atoms with E-state index in [1.165, 1.54) is 21.3 Å². The molecule has 1 heterocycles. The van der Waals surface area contributed by atoms with Gasteiger partial charge in [0.05, 0.1) is 20.8 Å². The molecular formula is C17H20F3IN4O3S. The Morgan fingerprint density at radius 1 is 1.24 bits per heavy atom. The minimum Gasteiger partial charge on any atom is -0.496 e. The number of alkyl halides is 3. The lowest BCUT2D eigenvalue weighted by Crippen LogP contribution is -2.36. The van der Waals surface area contributed by atoms with Gasteiger partial charge in [-0.3, -0.25) is 4.99 Å². The molecule has 0 saturated heterocycles. The summed E-state index contributed by atoms with van der Waals surface area (Å²) in [5.41, 5.74) is 0.137. The van der Waals surface area contributed by atoms with E-state index in [0.717, 1.165) is 22.3 Å². The largest absolute Gasteiger partial charge is 0.496 e. The highest BCUT2D eigenvalue weighted by Crippen LogP contribution is 2.29. The summed E-state index contributed by atoms with van der Waals surface area (Å²) in [7, 11) is 4.27. The number of guanidine groups is 1. The number of hydrogen-bond acceptors (Lipinski definition) is 6. The second-order valence-corrected chi connectivity index (χ2v) is 6.37. The number of nitrogens with one attached hydrogen (secondary N) is 2. The Morgan fingerprint density at radius 2 is 1.93 bits per heavy atom. The zero-order chi connectivity index (χ0) is 20.7. The molecule has 0 spiro atoms. The van der Waals surface area contributed by atoms with Gasteiger partial charge in [-0.05, 0) is 17.7 Å². The molecule has 0 bridgehead atoms. The van der Waals surface area contributed by atoms with Crippen LogP contribution in [0.2, 0.25) is 0 Å². The van der Waals surface area contributed by atoms with Crippen molar-refractivity contribution in [3.63, 3.8) is 0 Å². The Kier molecular flexibility index (Phi) is 9.62. The van der Waals surface area contributed by atoms with E-state index in [9.17, 15) is 18.0 Å². The summed E-state index contributed by atoms with van der Waals surface area (Å²) in [6.45, 7) is 0.412. The van der Waals surface area contributed by atoms with E-state index in [1.807, 2.05) is 0 Å². The molecule has 2 N–H and O–H groups in total. The number of ether oxygens (including phenoxy) is 2. The topological polar surface area (TPSA) is 84.8 Å². The van der Waals surface area contributed by atoms with E-state index < -0.39 is 17.8 Å². The van der Waals surface area contributed by atoms with E-state index in [4.69, 9.17) is 9.47 Å². The second-order valence-electron chi connectivity index (χ2n) is 5.43. The van der Waals surface area contributed by atoms with E-state index in [1.54, 1.807) is 18.2 Å². The maximum atomic E-state index is 12.6. The molecule has 1 aromatic heterocycles. The van der Waals surface area contributed by atoms with Gasteiger partial charge in [0, 0.05) is 19.0 Å². The summed E-state index contributed by atoms with van der Waals surface area (Å²) in [4.78, 5) is 19.4. The summed E-state index contributed by atoms with van der Waals surface area (Å²) < 4.78 is 47.6. The van der Waals surface area contributed by atoms with E-state index in [-0.39, 0.29) is 41.1 Å². The number of nitrogens with zero attached hydrogens (tertiary/aromatic N) is 2. The molecule has 0 atom stereocenters. The summed E-state index contributed by atoms with van der Waals surface area (Å²) in [6, 6.07) is 5.04. The van der Waals surface area contributed by atoms with Crippen LogP contribution in [0.4, 0.5) is 13.2 Å². The van der Waals surface area contributed by atoms with E-state index in [2.05, 4.69) is 20.6 Å². The first-order valence-electron chi connectivity index (χ1n) is 7.99. The standard InChI is InChI=1S/C17H19F3N4O3S.HI/c1-21-16(23-8-14-24-13(9-28-14)17(18,19)20)22-7-10-4-5-12(26-2)11(6-10)15(25)27-3;/h4-6,9H,7-8H2,1-3H3,(H2,21,22,23);1H. The monoisotopic (exact) mass is 544 g/mol. The Balaban J connectivity index is 0.00000420. The van der Waals surface area contributed by atoms with Crippen LogP contribution in [0.5, 0.6) is 5.75 Å². The third kappa shape index (κ3) is 7.03. The number of esters is 1. The lowest BCUT2D eigenvalue weighted by Gasteiger charge is -2.13. The molecule has 0 radical (unpaired) electrons. The minimum absolute atomic E-state index is 0. The SMILES string of the molecule is CN=C(NCc1ccc(OC)c(C(=O)OC)c1)NCc1nc(C(F)(F)F)cs1.I. The molecule has 2 rings (SSSR count). The number of rotatable bonds is 6. The lowest BCUT2D eigenvalue weighted by molar-refractivity contribution is -0.140. The fraction of sp³-hybridized carbons (Fsp3) is 0.353. The highest BCUT2D eigenvalue weighted by Gasteiger charge is 2.33. The van der Waals surface area contributed by atoms with Gasteiger partial charge in [0.25, 0.3) is 0 Å². The average molecular weight is 544 g/mol. The van der Waals surface area contributed by atoms with Crippen LogP contribution < -0.4 is 15.4 Å². The number of halogens is 4. The van der Waals surface area contributed by atoms with Crippen molar-refractivity contribution >= 4 is 47.2 Å². The van der Waals surface area contributed by atoms with Gasteiger partial charge in [-0.15, -0.1) is 35.3 Å². The molecule has 0 aliphatic carbocycles. The molecule has 0 aliphatic rings. The molecule has 0 saturated carbocycles. The smallest absolute Gasteiger partial charge is 0.434 e. The normalized spacial score (nSPS) is 11.4. The first kappa shape index (κ1) is 24.9. The molecular weight excluding hydrogens is 524 g/mol. The van der Waals surface area contributed by atoms with Gasteiger partial charge in [0.2, 0.25) is 0 Å². The number of carbonyl (C=O) groups is 1. The molecule has 0 amide bonds. The van der Waals surface area contributed by atoms with Crippen molar-refractivity contribution in [1.29, 1.82) is 0 Å². The van der Waals surface area contributed by atoms with Crippen molar-refractivity contribution in [2.24, 2.45) is 4.99 Å². The van der Waals surface area contributed by atoms with Crippen LogP contribution in [-0.2, 0) is 24.0 Å². The summed E-state index contributed by atoms with van der Waals surface area (Å²) in [5, 5.41) is 7.17. The highest BCUT2D eigenvalue weighted by atomic mass is 127. The quantitative estimate of drug-likeness (QED) is 0.251. The van der Waals surface area contributed by atoms with Crippen molar-refractivity contribution < 1.29 is 27.4 Å². The maximum Gasteiger partial charge on any atom is 0.434 e. The van der Waals surface area contributed by atoms with Gasteiger partial charge in [0.1, 0.15) is 16.3 Å². The number of thiazole rings is 1. The first-order chi connectivity index (χ1) is 13.3. The number of methoxy groups -OCH3 is 2. The zero-order valence-electron chi connectivity index (χ0n) is 15.8. The van der Waals surface area contributed by atoms with Gasteiger partial charge in [-0.2, -0.15) is 13.2 Å². The molecule has 0 unspecified atom stereocenters. The molecule has 160 valence electrons. The molecule has 29 heavy (non-hydrogen) atoms. The third-order valence-electron chi connectivity index (χ3n) is 3.60. The van der Waals surface area contributed by atoms with Crippen molar-refractivity contribution in [1.82, 2.24) is 15.6 Å². The predicted molar refractivity (Wildman–Crippen MR) is 114 cm³/mol. The van der Waals surface area contributed by atoms with Crippen LogP contribution in [0.15, 0.2) is 28.6 Å². The van der Waals surface area contributed by atoms with E-state index >= 15 is 0 Å². The van der Waals surface area contributed by atoms with Crippen molar-refractivity contribution in [2.45, 2.75) is 19.3 Å². The van der Waals surface area contributed by atoms with Gasteiger partial charge in [0.15, 0.2) is 11.7 Å². The van der Waals surface area contributed by atoms with Gasteiger partial charge >= 0.3 is 12.1 Å². The predicted octanol–water partition coefficient (Wildman–Crippen LogP) is 3.44. The minimum atomic E-state index is -4.46. The van der Waals surface area contributed by atoms with Crippen LogP contribution in [0.25, 0.3) is 0 Å². The van der Waals surface area contributed by atoms with Crippen LogP contribution in [-0.4, -0.2) is 38.2 Å². The summed E-state index contributed by atoms with van der Waals surface area (Å²) >= 11 is 0.913.